The van der Waals surface area contributed by atoms with E-state index in [1.165, 1.54) is 19.3 Å². The van der Waals surface area contributed by atoms with Crippen molar-refractivity contribution in [2.45, 2.75) is 44.6 Å². The van der Waals surface area contributed by atoms with Crippen molar-refractivity contribution in [2.24, 2.45) is 5.92 Å². The molecule has 0 bridgehead atoms. The van der Waals surface area contributed by atoms with Crippen LogP contribution in [-0.2, 0) is 5.60 Å². The Morgan fingerprint density at radius 2 is 1.58 bits per heavy atom. The second kappa shape index (κ2) is 5.83. The van der Waals surface area contributed by atoms with Crippen LogP contribution in [0, 0.1) is 5.92 Å². The lowest BCUT2D eigenvalue weighted by atomic mass is 9.74. The molecule has 0 saturated heterocycles. The highest BCUT2D eigenvalue weighted by Crippen LogP contribution is 2.46. The van der Waals surface area contributed by atoms with E-state index < -0.39 is 5.60 Å². The zero-order valence-electron chi connectivity index (χ0n) is 12.1. The molecule has 0 aliphatic heterocycles. The van der Waals surface area contributed by atoms with Crippen LogP contribution >= 0.6 is 0 Å². The van der Waals surface area contributed by atoms with E-state index in [1.807, 2.05) is 25.1 Å². The lowest BCUT2D eigenvalue weighted by Gasteiger charge is -2.37. The van der Waals surface area contributed by atoms with Crippen LogP contribution in [0.5, 0.6) is 11.5 Å². The Morgan fingerprint density at radius 3 is 2.05 bits per heavy atom. The van der Waals surface area contributed by atoms with Gasteiger partial charge in [0.2, 0.25) is 0 Å². The van der Waals surface area contributed by atoms with E-state index in [0.29, 0.717) is 11.5 Å². The van der Waals surface area contributed by atoms with Crippen molar-refractivity contribution < 1.29 is 14.6 Å². The molecular weight excluding hydrogens is 240 g/mol. The average molecular weight is 264 g/mol. The third-order valence-electron chi connectivity index (χ3n) is 4.33. The van der Waals surface area contributed by atoms with Crippen molar-refractivity contribution in [1.82, 2.24) is 0 Å². The maximum atomic E-state index is 11.1. The molecule has 0 amide bonds. The van der Waals surface area contributed by atoms with Crippen molar-refractivity contribution in [1.29, 1.82) is 0 Å². The van der Waals surface area contributed by atoms with Gasteiger partial charge < -0.3 is 14.6 Å². The lowest BCUT2D eigenvalue weighted by Crippen LogP contribution is -2.34. The van der Waals surface area contributed by atoms with Crippen molar-refractivity contribution in [3.8, 4) is 11.5 Å². The highest BCUT2D eigenvalue weighted by atomic mass is 16.5. The molecular formula is C16H24O3. The Bertz CT molecular complexity index is 398. The normalized spacial score (nSPS) is 19.8. The Labute approximate surface area is 115 Å². The first kappa shape index (κ1) is 14.2. The summed E-state index contributed by atoms with van der Waals surface area (Å²) in [6.07, 6.45) is 5.79. The van der Waals surface area contributed by atoms with Gasteiger partial charge in [0.15, 0.2) is 0 Å². The summed E-state index contributed by atoms with van der Waals surface area (Å²) in [5, 5.41) is 11.1. The molecule has 1 aliphatic carbocycles. The fourth-order valence-electron chi connectivity index (χ4n) is 3.22. The number of hydrogen-bond donors (Lipinski definition) is 1. The van der Waals surface area contributed by atoms with Gasteiger partial charge in [-0.25, -0.2) is 0 Å². The monoisotopic (exact) mass is 264 g/mol. The fourth-order valence-corrected chi connectivity index (χ4v) is 3.22. The second-order valence-corrected chi connectivity index (χ2v) is 5.52. The van der Waals surface area contributed by atoms with Crippen LogP contribution in [0.4, 0.5) is 0 Å². The highest BCUT2D eigenvalue weighted by Gasteiger charge is 2.38. The number of methoxy groups -OCH3 is 2. The molecule has 1 aromatic rings. The molecule has 19 heavy (non-hydrogen) atoms. The molecule has 3 nitrogen and oxygen atoms in total. The van der Waals surface area contributed by atoms with E-state index in [1.54, 1.807) is 14.2 Å². The van der Waals surface area contributed by atoms with Gasteiger partial charge in [-0.15, -0.1) is 0 Å². The third-order valence-corrected chi connectivity index (χ3v) is 4.33. The van der Waals surface area contributed by atoms with Gasteiger partial charge in [-0.3, -0.25) is 0 Å². The Morgan fingerprint density at radius 1 is 1.05 bits per heavy atom. The third kappa shape index (κ3) is 2.71. The molecule has 1 aliphatic rings. The fraction of sp³-hybridized carbons (Fsp3) is 0.625. The number of aliphatic hydroxyl groups is 1. The van der Waals surface area contributed by atoms with Gasteiger partial charge in [0.1, 0.15) is 11.5 Å². The van der Waals surface area contributed by atoms with Crippen LogP contribution in [0.2, 0.25) is 0 Å². The van der Waals surface area contributed by atoms with Gasteiger partial charge in [-0.1, -0.05) is 25.3 Å². The second-order valence-electron chi connectivity index (χ2n) is 5.52. The molecule has 1 fully saturated rings. The van der Waals surface area contributed by atoms with E-state index >= 15 is 0 Å². The summed E-state index contributed by atoms with van der Waals surface area (Å²) in [6, 6.07) is 5.66. The molecule has 106 valence electrons. The Hall–Kier alpha value is -1.22. The van der Waals surface area contributed by atoms with Crippen molar-refractivity contribution in [3.05, 3.63) is 23.8 Å². The van der Waals surface area contributed by atoms with E-state index in [2.05, 4.69) is 0 Å². The van der Waals surface area contributed by atoms with Gasteiger partial charge >= 0.3 is 0 Å². The predicted molar refractivity (Wildman–Crippen MR) is 75.7 cm³/mol. The summed E-state index contributed by atoms with van der Waals surface area (Å²) in [6.45, 7) is 1.89. The lowest BCUT2D eigenvalue weighted by molar-refractivity contribution is -0.0249. The van der Waals surface area contributed by atoms with Crippen LogP contribution in [-0.4, -0.2) is 19.3 Å². The Balaban J connectivity index is 2.42. The highest BCUT2D eigenvalue weighted by molar-refractivity contribution is 5.48. The Kier molecular flexibility index (Phi) is 4.35. The first-order valence-electron chi connectivity index (χ1n) is 7.05. The molecule has 3 heteroatoms. The van der Waals surface area contributed by atoms with E-state index in [0.717, 1.165) is 18.4 Å². The summed E-state index contributed by atoms with van der Waals surface area (Å²) in [5.74, 6) is 1.68. The van der Waals surface area contributed by atoms with Crippen LogP contribution in [0.1, 0.15) is 44.6 Å². The van der Waals surface area contributed by atoms with Crippen molar-refractivity contribution in [3.63, 3.8) is 0 Å². The minimum atomic E-state index is -0.904. The standard InChI is InChI=1S/C16H24O3/c1-16(17,12-8-5-4-6-9-12)15-13(18-2)10-7-11-14(15)19-3/h7,10-12,17H,4-6,8-9H2,1-3H3. The van der Waals surface area contributed by atoms with Crippen molar-refractivity contribution in [2.75, 3.05) is 14.2 Å². The largest absolute Gasteiger partial charge is 0.496 e. The van der Waals surface area contributed by atoms with E-state index in [9.17, 15) is 5.11 Å². The first-order chi connectivity index (χ1) is 9.11. The molecule has 0 spiro atoms. The van der Waals surface area contributed by atoms with Crippen LogP contribution in [0.3, 0.4) is 0 Å². The summed E-state index contributed by atoms with van der Waals surface area (Å²) < 4.78 is 10.8. The van der Waals surface area contributed by atoms with Crippen LogP contribution in [0.15, 0.2) is 18.2 Å². The maximum Gasteiger partial charge on any atom is 0.128 e. The zero-order chi connectivity index (χ0) is 13.9. The van der Waals surface area contributed by atoms with Gasteiger partial charge in [0.25, 0.3) is 0 Å². The van der Waals surface area contributed by atoms with Gasteiger partial charge in [-0.05, 0) is 37.8 Å². The molecule has 1 aromatic carbocycles. The van der Waals surface area contributed by atoms with Crippen LogP contribution < -0.4 is 9.47 Å². The summed E-state index contributed by atoms with van der Waals surface area (Å²) >= 11 is 0. The number of hydrogen-bond acceptors (Lipinski definition) is 3. The molecule has 2 rings (SSSR count). The average Bonchev–Trinajstić information content (AvgIpc) is 2.47. The van der Waals surface area contributed by atoms with Gasteiger partial charge in [-0.2, -0.15) is 0 Å². The summed E-state index contributed by atoms with van der Waals surface area (Å²) in [5.41, 5.74) is -0.120. The van der Waals surface area contributed by atoms with Gasteiger partial charge in [0.05, 0.1) is 25.4 Å². The minimum absolute atomic E-state index is 0.270. The number of ether oxygens (including phenoxy) is 2. The van der Waals surface area contributed by atoms with E-state index in [4.69, 9.17) is 9.47 Å². The molecule has 1 atom stereocenters. The predicted octanol–water partition coefficient (Wildman–Crippen LogP) is 3.49. The quantitative estimate of drug-likeness (QED) is 0.904. The summed E-state index contributed by atoms with van der Waals surface area (Å²) in [4.78, 5) is 0. The SMILES string of the molecule is COc1cccc(OC)c1C(C)(O)C1CCCCC1. The van der Waals surface area contributed by atoms with Crippen molar-refractivity contribution >= 4 is 0 Å². The summed E-state index contributed by atoms with van der Waals surface area (Å²) in [7, 11) is 3.27. The van der Waals surface area contributed by atoms with Crippen LogP contribution in [0.25, 0.3) is 0 Å². The topological polar surface area (TPSA) is 38.7 Å². The molecule has 1 unspecified atom stereocenters. The molecule has 1 N–H and O–H groups in total. The number of rotatable bonds is 4. The molecule has 0 aromatic heterocycles. The minimum Gasteiger partial charge on any atom is -0.496 e. The molecule has 1 saturated carbocycles. The molecule has 0 heterocycles. The van der Waals surface area contributed by atoms with Gasteiger partial charge in [0, 0.05) is 0 Å². The zero-order valence-corrected chi connectivity index (χ0v) is 12.1. The first-order valence-corrected chi connectivity index (χ1v) is 7.05. The smallest absolute Gasteiger partial charge is 0.128 e. The number of benzene rings is 1. The maximum absolute atomic E-state index is 11.1. The van der Waals surface area contributed by atoms with E-state index in [-0.39, 0.29) is 5.92 Å². The molecule has 0 radical (unpaired) electrons.